The number of hydrogen-bond donors (Lipinski definition) is 1. The molecule has 1 aliphatic carbocycles. The first-order valence-electron chi connectivity index (χ1n) is 3.52. The van der Waals surface area contributed by atoms with Crippen LogP contribution in [0.1, 0.15) is 19.3 Å². The molecule has 2 N–H and O–H groups in total. The van der Waals surface area contributed by atoms with Crippen LogP contribution in [-0.4, -0.2) is 12.8 Å². The van der Waals surface area contributed by atoms with Crippen molar-refractivity contribution in [3.63, 3.8) is 0 Å². The van der Waals surface area contributed by atoms with Crippen LogP contribution in [-0.2, 0) is 4.79 Å². The van der Waals surface area contributed by atoms with Gasteiger partial charge in [0, 0.05) is 12.5 Å². The van der Waals surface area contributed by atoms with E-state index in [2.05, 4.69) is 0 Å². The van der Waals surface area contributed by atoms with E-state index in [0.717, 1.165) is 18.6 Å². The number of carbonyl (C=O) groups is 1. The van der Waals surface area contributed by atoms with Crippen molar-refractivity contribution >= 4 is 6.29 Å². The third kappa shape index (κ3) is 2.14. The third-order valence-electron chi connectivity index (χ3n) is 1.83. The number of hydrogen-bond acceptors (Lipinski definition) is 2. The number of nitrogens with two attached hydrogens (primary N) is 1. The van der Waals surface area contributed by atoms with Crippen molar-refractivity contribution in [3.8, 4) is 0 Å². The lowest BCUT2D eigenvalue weighted by atomic mass is 10.1. The molecule has 9 heavy (non-hydrogen) atoms. The molecule has 0 aliphatic heterocycles. The first kappa shape index (κ1) is 6.75. The van der Waals surface area contributed by atoms with E-state index in [1.807, 2.05) is 0 Å². The third-order valence-corrected chi connectivity index (χ3v) is 1.83. The molecule has 1 unspecified atom stereocenters. The Labute approximate surface area is 55.4 Å². The second-order valence-corrected chi connectivity index (χ2v) is 2.81. The van der Waals surface area contributed by atoms with E-state index in [4.69, 9.17) is 5.73 Å². The zero-order chi connectivity index (χ0) is 6.69. The van der Waals surface area contributed by atoms with Crippen LogP contribution in [0, 0.1) is 11.8 Å². The molecule has 0 aromatic carbocycles. The molecule has 0 heterocycles. The summed E-state index contributed by atoms with van der Waals surface area (Å²) in [6.07, 6.45) is 4.63. The molecular weight excluding hydrogens is 114 g/mol. The molecular formula is C7H13NO. The molecule has 1 fully saturated rings. The summed E-state index contributed by atoms with van der Waals surface area (Å²) < 4.78 is 0. The van der Waals surface area contributed by atoms with Gasteiger partial charge < -0.3 is 10.5 Å². The summed E-state index contributed by atoms with van der Waals surface area (Å²) in [5.41, 5.74) is 5.33. The highest BCUT2D eigenvalue weighted by Crippen LogP contribution is 2.34. The molecule has 1 rings (SSSR count). The number of rotatable bonds is 4. The predicted molar refractivity (Wildman–Crippen MR) is 35.9 cm³/mol. The summed E-state index contributed by atoms with van der Waals surface area (Å²) in [7, 11) is 0. The van der Waals surface area contributed by atoms with Crippen molar-refractivity contribution in [2.45, 2.75) is 19.3 Å². The van der Waals surface area contributed by atoms with Gasteiger partial charge in [-0.2, -0.15) is 0 Å². The van der Waals surface area contributed by atoms with Gasteiger partial charge in [-0.15, -0.1) is 0 Å². The van der Waals surface area contributed by atoms with Gasteiger partial charge in [-0.3, -0.25) is 0 Å². The minimum Gasteiger partial charge on any atom is -0.330 e. The van der Waals surface area contributed by atoms with Gasteiger partial charge in [0.05, 0.1) is 0 Å². The van der Waals surface area contributed by atoms with Gasteiger partial charge in [-0.1, -0.05) is 12.8 Å². The lowest BCUT2D eigenvalue weighted by Crippen LogP contribution is -2.15. The minimum absolute atomic E-state index is 0.137. The SMILES string of the molecule is NCC(C=O)CC1CC1. The number of aldehydes is 1. The van der Waals surface area contributed by atoms with E-state index >= 15 is 0 Å². The lowest BCUT2D eigenvalue weighted by molar-refractivity contribution is -0.111. The largest absolute Gasteiger partial charge is 0.330 e. The van der Waals surface area contributed by atoms with Gasteiger partial charge in [-0.05, 0) is 12.3 Å². The molecule has 52 valence electrons. The molecule has 1 aliphatic rings. The van der Waals surface area contributed by atoms with Crippen LogP contribution in [0.4, 0.5) is 0 Å². The maximum absolute atomic E-state index is 10.2. The van der Waals surface area contributed by atoms with E-state index in [1.165, 1.54) is 12.8 Å². The fourth-order valence-electron chi connectivity index (χ4n) is 0.989. The average Bonchev–Trinajstić information content (AvgIpc) is 2.66. The highest BCUT2D eigenvalue weighted by Gasteiger charge is 2.24. The Morgan fingerprint density at radius 3 is 2.67 bits per heavy atom. The first-order chi connectivity index (χ1) is 4.36. The summed E-state index contributed by atoms with van der Waals surface area (Å²) in [5, 5.41) is 0. The Kier molecular flexibility index (Phi) is 2.22. The van der Waals surface area contributed by atoms with Gasteiger partial charge >= 0.3 is 0 Å². The molecule has 0 aromatic rings. The maximum Gasteiger partial charge on any atom is 0.124 e. The van der Waals surface area contributed by atoms with Gasteiger partial charge in [-0.25, -0.2) is 0 Å². The predicted octanol–water partition coefficient (Wildman–Crippen LogP) is 0.560. The molecule has 0 saturated heterocycles. The second-order valence-electron chi connectivity index (χ2n) is 2.81. The van der Waals surface area contributed by atoms with Crippen molar-refractivity contribution in [3.05, 3.63) is 0 Å². The Morgan fingerprint density at radius 1 is 1.67 bits per heavy atom. The molecule has 2 nitrogen and oxygen atoms in total. The average molecular weight is 127 g/mol. The van der Waals surface area contributed by atoms with Crippen LogP contribution in [0.25, 0.3) is 0 Å². The standard InChI is InChI=1S/C7H13NO/c8-4-7(5-9)3-6-1-2-6/h5-7H,1-4,8H2. The molecule has 1 atom stereocenters. The van der Waals surface area contributed by atoms with Gasteiger partial charge in [0.15, 0.2) is 0 Å². The van der Waals surface area contributed by atoms with Crippen LogP contribution >= 0.6 is 0 Å². The summed E-state index contributed by atoms with van der Waals surface area (Å²) in [4.78, 5) is 10.2. The highest BCUT2D eigenvalue weighted by molar-refractivity contribution is 5.53. The Hall–Kier alpha value is -0.370. The molecule has 2 heteroatoms. The fourth-order valence-corrected chi connectivity index (χ4v) is 0.989. The maximum atomic E-state index is 10.2. The zero-order valence-corrected chi connectivity index (χ0v) is 5.55. The van der Waals surface area contributed by atoms with Crippen molar-refractivity contribution in [1.29, 1.82) is 0 Å². The smallest absolute Gasteiger partial charge is 0.124 e. The van der Waals surface area contributed by atoms with E-state index in [0.29, 0.717) is 6.54 Å². The van der Waals surface area contributed by atoms with Crippen molar-refractivity contribution in [2.75, 3.05) is 6.54 Å². The van der Waals surface area contributed by atoms with Crippen LogP contribution in [0.2, 0.25) is 0 Å². The van der Waals surface area contributed by atoms with E-state index < -0.39 is 0 Å². The van der Waals surface area contributed by atoms with E-state index in [1.54, 1.807) is 0 Å². The monoisotopic (exact) mass is 127 g/mol. The summed E-state index contributed by atoms with van der Waals surface area (Å²) in [6.45, 7) is 0.528. The van der Waals surface area contributed by atoms with Gasteiger partial charge in [0.25, 0.3) is 0 Å². The molecule has 0 spiro atoms. The Bertz CT molecular complexity index is 99.1. The molecule has 0 aromatic heterocycles. The Balaban J connectivity index is 2.12. The quantitative estimate of drug-likeness (QED) is 0.561. The van der Waals surface area contributed by atoms with Crippen LogP contribution in [0.3, 0.4) is 0 Å². The van der Waals surface area contributed by atoms with Crippen molar-refractivity contribution in [1.82, 2.24) is 0 Å². The van der Waals surface area contributed by atoms with Crippen LogP contribution < -0.4 is 5.73 Å². The minimum atomic E-state index is 0.137. The van der Waals surface area contributed by atoms with Crippen molar-refractivity contribution < 1.29 is 4.79 Å². The zero-order valence-electron chi connectivity index (χ0n) is 5.55. The molecule has 0 bridgehead atoms. The normalized spacial score (nSPS) is 21.4. The van der Waals surface area contributed by atoms with Crippen LogP contribution in [0.5, 0.6) is 0 Å². The summed E-state index contributed by atoms with van der Waals surface area (Å²) in [5.74, 6) is 0.959. The Morgan fingerprint density at radius 2 is 2.33 bits per heavy atom. The lowest BCUT2D eigenvalue weighted by Gasteiger charge is -2.02. The highest BCUT2D eigenvalue weighted by atomic mass is 16.1. The first-order valence-corrected chi connectivity index (χ1v) is 3.52. The molecule has 1 saturated carbocycles. The fraction of sp³-hybridized carbons (Fsp3) is 0.857. The summed E-state index contributed by atoms with van der Waals surface area (Å²) in [6, 6.07) is 0. The number of carbonyl (C=O) groups excluding carboxylic acids is 1. The van der Waals surface area contributed by atoms with E-state index in [9.17, 15) is 4.79 Å². The van der Waals surface area contributed by atoms with Gasteiger partial charge in [0.2, 0.25) is 0 Å². The topological polar surface area (TPSA) is 43.1 Å². The van der Waals surface area contributed by atoms with Crippen molar-refractivity contribution in [2.24, 2.45) is 17.6 Å². The molecule has 0 radical (unpaired) electrons. The van der Waals surface area contributed by atoms with Gasteiger partial charge in [0.1, 0.15) is 6.29 Å². The second kappa shape index (κ2) is 2.97. The van der Waals surface area contributed by atoms with E-state index in [-0.39, 0.29) is 5.92 Å². The summed E-state index contributed by atoms with van der Waals surface area (Å²) >= 11 is 0. The van der Waals surface area contributed by atoms with Crippen LogP contribution in [0.15, 0.2) is 0 Å². The molecule has 0 amide bonds.